The lowest BCUT2D eigenvalue weighted by Gasteiger charge is -2.32. The third kappa shape index (κ3) is 5.02. The zero-order chi connectivity index (χ0) is 17.6. The molecule has 5 heteroatoms. The third-order valence-corrected chi connectivity index (χ3v) is 4.44. The predicted molar refractivity (Wildman–Crippen MR) is 96.5 cm³/mol. The zero-order valence-electron chi connectivity index (χ0n) is 14.9. The van der Waals surface area contributed by atoms with Crippen molar-refractivity contribution in [1.29, 1.82) is 0 Å². The largest absolute Gasteiger partial charge is 0.458 e. The quantitative estimate of drug-likeness (QED) is 0.840. The van der Waals surface area contributed by atoms with Crippen molar-refractivity contribution >= 4 is 5.91 Å². The van der Waals surface area contributed by atoms with Gasteiger partial charge in [-0.3, -0.25) is 4.79 Å². The van der Waals surface area contributed by atoms with Gasteiger partial charge in [-0.25, -0.2) is 9.97 Å². The SMILES string of the molecule is Cc1cc(C)nc(O[C@@H]2CCCN(C(=O)CCc3ccccc3)C2)n1. The maximum atomic E-state index is 12.5. The normalized spacial score (nSPS) is 17.4. The summed E-state index contributed by atoms with van der Waals surface area (Å²) in [5.74, 6) is 0.193. The van der Waals surface area contributed by atoms with Gasteiger partial charge in [-0.1, -0.05) is 30.3 Å². The first-order valence-electron chi connectivity index (χ1n) is 8.91. The van der Waals surface area contributed by atoms with Crippen LogP contribution in [-0.4, -0.2) is 40.0 Å². The molecule has 1 aliphatic rings. The van der Waals surface area contributed by atoms with E-state index in [-0.39, 0.29) is 12.0 Å². The standard InChI is InChI=1S/C20H25N3O2/c1-15-13-16(2)22-20(21-15)25-18-9-6-12-23(14-18)19(24)11-10-17-7-4-3-5-8-17/h3-5,7-8,13,18H,6,9-12,14H2,1-2H3/t18-/m1/s1. The zero-order valence-corrected chi connectivity index (χ0v) is 14.9. The number of rotatable bonds is 5. The molecule has 1 aliphatic heterocycles. The Bertz CT molecular complexity index is 698. The Balaban J connectivity index is 1.54. The topological polar surface area (TPSA) is 55.3 Å². The number of carbonyl (C=O) groups is 1. The second kappa shape index (κ2) is 8.10. The van der Waals surface area contributed by atoms with Crippen LogP contribution in [0.4, 0.5) is 0 Å². The number of benzene rings is 1. The van der Waals surface area contributed by atoms with E-state index in [1.54, 1.807) is 0 Å². The molecule has 25 heavy (non-hydrogen) atoms. The number of amides is 1. The highest BCUT2D eigenvalue weighted by Crippen LogP contribution is 2.17. The third-order valence-electron chi connectivity index (χ3n) is 4.44. The summed E-state index contributed by atoms with van der Waals surface area (Å²) in [6, 6.07) is 12.5. The molecule has 0 saturated carbocycles. The van der Waals surface area contributed by atoms with Gasteiger partial charge in [0.05, 0.1) is 6.54 Å². The fourth-order valence-electron chi connectivity index (χ4n) is 3.21. The van der Waals surface area contributed by atoms with Crippen LogP contribution in [0.15, 0.2) is 36.4 Å². The number of nitrogens with zero attached hydrogens (tertiary/aromatic N) is 3. The minimum Gasteiger partial charge on any atom is -0.458 e. The molecule has 1 saturated heterocycles. The molecular weight excluding hydrogens is 314 g/mol. The van der Waals surface area contributed by atoms with Crippen molar-refractivity contribution in [3.05, 3.63) is 53.3 Å². The molecule has 1 aromatic heterocycles. The van der Waals surface area contributed by atoms with Gasteiger partial charge in [-0.05, 0) is 44.7 Å². The van der Waals surface area contributed by atoms with Crippen LogP contribution in [0.25, 0.3) is 0 Å². The van der Waals surface area contributed by atoms with Gasteiger partial charge in [-0.2, -0.15) is 0 Å². The Morgan fingerprint density at radius 2 is 1.92 bits per heavy atom. The second-order valence-electron chi connectivity index (χ2n) is 6.64. The molecule has 0 N–H and O–H groups in total. The van der Waals surface area contributed by atoms with Crippen molar-refractivity contribution in [2.24, 2.45) is 0 Å². The van der Waals surface area contributed by atoms with Crippen molar-refractivity contribution < 1.29 is 9.53 Å². The summed E-state index contributed by atoms with van der Waals surface area (Å²) in [6.45, 7) is 5.29. The Hall–Kier alpha value is -2.43. The average Bonchev–Trinajstić information content (AvgIpc) is 2.60. The number of ether oxygens (including phenoxy) is 1. The molecule has 0 unspecified atom stereocenters. The molecule has 0 aliphatic carbocycles. The lowest BCUT2D eigenvalue weighted by molar-refractivity contribution is -0.133. The van der Waals surface area contributed by atoms with E-state index in [9.17, 15) is 4.79 Å². The number of aryl methyl sites for hydroxylation is 3. The van der Waals surface area contributed by atoms with E-state index < -0.39 is 0 Å². The molecule has 0 bridgehead atoms. The molecule has 1 atom stereocenters. The van der Waals surface area contributed by atoms with Gasteiger partial charge in [-0.15, -0.1) is 0 Å². The lowest BCUT2D eigenvalue weighted by Crippen LogP contribution is -2.44. The number of carbonyl (C=O) groups excluding carboxylic acids is 1. The first kappa shape index (κ1) is 17.4. The molecule has 132 valence electrons. The number of likely N-dealkylation sites (tertiary alicyclic amines) is 1. The minimum atomic E-state index is -0.0318. The number of piperidine rings is 1. The fourth-order valence-corrected chi connectivity index (χ4v) is 3.21. The Morgan fingerprint density at radius 3 is 2.64 bits per heavy atom. The molecular formula is C20H25N3O2. The summed E-state index contributed by atoms with van der Waals surface area (Å²) in [4.78, 5) is 23.1. The second-order valence-corrected chi connectivity index (χ2v) is 6.64. The Morgan fingerprint density at radius 1 is 1.20 bits per heavy atom. The molecule has 1 amide bonds. The molecule has 0 radical (unpaired) electrons. The van der Waals surface area contributed by atoms with Crippen molar-refractivity contribution in [1.82, 2.24) is 14.9 Å². The van der Waals surface area contributed by atoms with Gasteiger partial charge in [0.2, 0.25) is 5.91 Å². The Kier molecular flexibility index (Phi) is 5.64. The first-order valence-corrected chi connectivity index (χ1v) is 8.91. The van der Waals surface area contributed by atoms with E-state index in [4.69, 9.17) is 4.74 Å². The van der Waals surface area contributed by atoms with Gasteiger partial charge in [0, 0.05) is 24.4 Å². The van der Waals surface area contributed by atoms with Gasteiger partial charge >= 0.3 is 6.01 Å². The van der Waals surface area contributed by atoms with Crippen LogP contribution in [0.2, 0.25) is 0 Å². The molecule has 0 spiro atoms. The van der Waals surface area contributed by atoms with Crippen LogP contribution in [0.3, 0.4) is 0 Å². The van der Waals surface area contributed by atoms with Crippen LogP contribution in [0, 0.1) is 13.8 Å². The minimum absolute atomic E-state index is 0.0318. The van der Waals surface area contributed by atoms with Crippen LogP contribution in [-0.2, 0) is 11.2 Å². The summed E-state index contributed by atoms with van der Waals surface area (Å²) in [6.07, 6.45) is 3.17. The highest BCUT2D eigenvalue weighted by Gasteiger charge is 2.25. The maximum Gasteiger partial charge on any atom is 0.317 e. The fraction of sp³-hybridized carbons (Fsp3) is 0.450. The highest BCUT2D eigenvalue weighted by molar-refractivity contribution is 5.76. The van der Waals surface area contributed by atoms with Crippen LogP contribution < -0.4 is 4.74 Å². The summed E-state index contributed by atoms with van der Waals surface area (Å²) in [5, 5.41) is 0. The van der Waals surface area contributed by atoms with Crippen molar-refractivity contribution in [2.75, 3.05) is 13.1 Å². The average molecular weight is 339 g/mol. The van der Waals surface area contributed by atoms with E-state index in [0.717, 1.165) is 37.2 Å². The molecule has 5 nitrogen and oxygen atoms in total. The monoisotopic (exact) mass is 339 g/mol. The van der Waals surface area contributed by atoms with E-state index >= 15 is 0 Å². The van der Waals surface area contributed by atoms with Gasteiger partial charge in [0.1, 0.15) is 6.10 Å². The lowest BCUT2D eigenvalue weighted by atomic mass is 10.1. The highest BCUT2D eigenvalue weighted by atomic mass is 16.5. The van der Waals surface area contributed by atoms with E-state index in [1.807, 2.05) is 43.0 Å². The summed E-state index contributed by atoms with van der Waals surface area (Å²) >= 11 is 0. The van der Waals surface area contributed by atoms with Crippen LogP contribution in [0.1, 0.15) is 36.2 Å². The number of hydrogen-bond acceptors (Lipinski definition) is 4. The summed E-state index contributed by atoms with van der Waals surface area (Å²) in [7, 11) is 0. The van der Waals surface area contributed by atoms with E-state index in [1.165, 1.54) is 5.56 Å². The van der Waals surface area contributed by atoms with Gasteiger partial charge in [0.15, 0.2) is 0 Å². The molecule has 3 rings (SSSR count). The van der Waals surface area contributed by atoms with Crippen molar-refractivity contribution in [2.45, 2.75) is 45.6 Å². The van der Waals surface area contributed by atoms with Gasteiger partial charge < -0.3 is 9.64 Å². The first-order chi connectivity index (χ1) is 12.1. The van der Waals surface area contributed by atoms with Crippen molar-refractivity contribution in [3.8, 4) is 6.01 Å². The van der Waals surface area contributed by atoms with E-state index in [0.29, 0.717) is 19.0 Å². The number of aromatic nitrogens is 2. The predicted octanol–water partition coefficient (Wildman–Crippen LogP) is 3.10. The molecule has 2 aromatic rings. The molecule has 1 fully saturated rings. The smallest absolute Gasteiger partial charge is 0.317 e. The maximum absolute atomic E-state index is 12.5. The van der Waals surface area contributed by atoms with Crippen molar-refractivity contribution in [3.63, 3.8) is 0 Å². The van der Waals surface area contributed by atoms with E-state index in [2.05, 4.69) is 22.1 Å². The Labute approximate surface area is 149 Å². The van der Waals surface area contributed by atoms with Crippen LogP contribution in [0.5, 0.6) is 6.01 Å². The summed E-state index contributed by atoms with van der Waals surface area (Å²) < 4.78 is 5.94. The molecule has 2 heterocycles. The van der Waals surface area contributed by atoms with Gasteiger partial charge in [0.25, 0.3) is 0 Å². The van der Waals surface area contributed by atoms with Crippen LogP contribution >= 0.6 is 0 Å². The number of hydrogen-bond donors (Lipinski definition) is 0. The summed E-state index contributed by atoms with van der Waals surface area (Å²) in [5.41, 5.74) is 2.99. The molecule has 1 aromatic carbocycles.